The predicted molar refractivity (Wildman–Crippen MR) is 167 cm³/mol. The Hall–Kier alpha value is -4.95. The Morgan fingerprint density at radius 1 is 0.889 bits per heavy atom. The van der Waals surface area contributed by atoms with Crippen LogP contribution in [0.3, 0.4) is 0 Å². The van der Waals surface area contributed by atoms with Gasteiger partial charge in [0.1, 0.15) is 5.82 Å². The van der Waals surface area contributed by atoms with E-state index in [1.165, 1.54) is 24.3 Å². The number of terminal acetylenes is 1. The maximum atomic E-state index is 13.7. The number of hydrogen-bond acceptors (Lipinski definition) is 5. The minimum atomic E-state index is -1.03. The molecule has 3 amide bonds. The normalized spacial score (nSPS) is 10.9. The van der Waals surface area contributed by atoms with Crippen molar-refractivity contribution < 1.29 is 27.6 Å². The number of pyridine rings is 1. The molecule has 2 aromatic carbocycles. The molecule has 45 heavy (non-hydrogen) atoms. The average Bonchev–Trinajstić information content (AvgIpc) is 3.49. The summed E-state index contributed by atoms with van der Waals surface area (Å²) in [5.74, 6) is -1.81. The molecule has 4 rings (SSSR count). The van der Waals surface area contributed by atoms with Crippen molar-refractivity contribution in [1.82, 2.24) is 15.6 Å². The van der Waals surface area contributed by atoms with Crippen LogP contribution in [0.1, 0.15) is 66.7 Å². The summed E-state index contributed by atoms with van der Waals surface area (Å²) in [6.07, 6.45) is 6.48. The highest BCUT2D eigenvalue weighted by Gasteiger charge is 2.29. The van der Waals surface area contributed by atoms with Crippen LogP contribution in [0.5, 0.6) is 0 Å². The van der Waals surface area contributed by atoms with Crippen molar-refractivity contribution in [2.75, 3.05) is 6.54 Å². The Balaban J connectivity index is 1.80. The molecule has 4 N–H and O–H groups in total. The van der Waals surface area contributed by atoms with Gasteiger partial charge in [-0.3, -0.25) is 19.4 Å². The van der Waals surface area contributed by atoms with E-state index in [0.717, 1.165) is 29.0 Å². The summed E-state index contributed by atoms with van der Waals surface area (Å²) >= 11 is 1.03. The monoisotopic (exact) mass is 632 g/mol. The SMILES string of the molecule is C#CCNC(=O)c1c(CCc2ccc(F)cc2)nc(CC(C)C)c(C(N)=O)c1-c1ccc(C(=O)NCc2ccc(F)c(F)c2)s1. The number of aromatic nitrogens is 1. The van der Waals surface area contributed by atoms with Crippen LogP contribution in [0.25, 0.3) is 10.4 Å². The number of thiophene rings is 1. The number of nitrogens with one attached hydrogen (secondary N) is 2. The Bertz CT molecular complexity index is 1780. The summed E-state index contributed by atoms with van der Waals surface area (Å²) in [7, 11) is 0. The van der Waals surface area contributed by atoms with Crippen LogP contribution >= 0.6 is 11.3 Å². The molecule has 0 spiro atoms. The molecule has 2 heterocycles. The number of carbonyl (C=O) groups is 3. The van der Waals surface area contributed by atoms with Crippen LogP contribution < -0.4 is 16.4 Å². The fraction of sp³-hybridized carbons (Fsp3) is 0.235. The number of aryl methyl sites for hydroxylation is 2. The largest absolute Gasteiger partial charge is 0.366 e. The van der Waals surface area contributed by atoms with Gasteiger partial charge in [0.2, 0.25) is 0 Å². The van der Waals surface area contributed by atoms with Crippen LogP contribution in [0.4, 0.5) is 13.2 Å². The van der Waals surface area contributed by atoms with E-state index in [0.29, 0.717) is 34.7 Å². The van der Waals surface area contributed by atoms with Gasteiger partial charge in [-0.2, -0.15) is 0 Å². The van der Waals surface area contributed by atoms with Crippen LogP contribution in [-0.2, 0) is 25.8 Å². The topological polar surface area (TPSA) is 114 Å². The van der Waals surface area contributed by atoms with Gasteiger partial charge < -0.3 is 16.4 Å². The molecule has 0 atom stereocenters. The molecule has 0 aliphatic carbocycles. The molecular weight excluding hydrogens is 601 g/mol. The predicted octanol–water partition coefficient (Wildman–Crippen LogP) is 5.60. The average molecular weight is 633 g/mol. The molecule has 0 aliphatic heterocycles. The Morgan fingerprint density at radius 3 is 2.24 bits per heavy atom. The first kappa shape index (κ1) is 33.0. The van der Waals surface area contributed by atoms with Crippen LogP contribution in [0.15, 0.2) is 54.6 Å². The van der Waals surface area contributed by atoms with E-state index in [2.05, 4.69) is 16.6 Å². The summed E-state index contributed by atoms with van der Waals surface area (Å²) in [4.78, 5) is 45.2. The van der Waals surface area contributed by atoms with Crippen molar-refractivity contribution in [3.05, 3.63) is 111 Å². The standard InChI is InChI=1S/C34H31F3N4O3S/c1-4-15-39-34(44)30-25(12-8-20-5-9-22(35)10-6-20)41-26(16-19(2)3)29(32(38)42)31(30)27-13-14-28(45-27)33(43)40-18-21-7-11-23(36)24(37)17-21/h1,5-7,9-11,13-14,17,19H,8,12,15-16,18H2,2-3H3,(H2,38,42)(H,39,44)(H,40,43). The molecule has 4 aromatic rings. The van der Waals surface area contributed by atoms with Crippen LogP contribution in [-0.4, -0.2) is 29.3 Å². The van der Waals surface area contributed by atoms with E-state index >= 15 is 0 Å². The molecule has 0 saturated heterocycles. The van der Waals surface area contributed by atoms with Crippen molar-refractivity contribution >= 4 is 29.1 Å². The summed E-state index contributed by atoms with van der Waals surface area (Å²) < 4.78 is 40.4. The second-order valence-electron chi connectivity index (χ2n) is 10.7. The van der Waals surface area contributed by atoms with Crippen molar-refractivity contribution in [1.29, 1.82) is 0 Å². The second kappa shape index (κ2) is 14.7. The Kier molecular flexibility index (Phi) is 10.8. The maximum Gasteiger partial charge on any atom is 0.261 e. The van der Waals surface area contributed by atoms with Crippen LogP contribution in [0, 0.1) is 35.7 Å². The summed E-state index contributed by atoms with van der Waals surface area (Å²) in [5, 5.41) is 5.33. The van der Waals surface area contributed by atoms with E-state index < -0.39 is 29.4 Å². The molecule has 7 nitrogen and oxygen atoms in total. The van der Waals surface area contributed by atoms with Gasteiger partial charge in [-0.05, 0) is 72.7 Å². The lowest BCUT2D eigenvalue weighted by Gasteiger charge is -2.20. The molecule has 2 aromatic heterocycles. The van der Waals surface area contributed by atoms with Gasteiger partial charge in [0, 0.05) is 17.0 Å². The van der Waals surface area contributed by atoms with Gasteiger partial charge in [0.05, 0.1) is 33.9 Å². The lowest BCUT2D eigenvalue weighted by molar-refractivity contribution is 0.0947. The Morgan fingerprint density at radius 2 is 1.60 bits per heavy atom. The third-order valence-electron chi connectivity index (χ3n) is 6.85. The summed E-state index contributed by atoms with van der Waals surface area (Å²) in [5.41, 5.74) is 8.30. The number of benzene rings is 2. The van der Waals surface area contributed by atoms with Crippen molar-refractivity contribution in [3.63, 3.8) is 0 Å². The molecule has 232 valence electrons. The van der Waals surface area contributed by atoms with Gasteiger partial charge in [0.15, 0.2) is 11.6 Å². The third-order valence-corrected chi connectivity index (χ3v) is 7.95. The first-order valence-corrected chi connectivity index (χ1v) is 14.9. The first-order chi connectivity index (χ1) is 21.5. The smallest absolute Gasteiger partial charge is 0.261 e. The summed E-state index contributed by atoms with van der Waals surface area (Å²) in [6.45, 7) is 3.77. The fourth-order valence-corrected chi connectivity index (χ4v) is 5.79. The molecule has 11 heteroatoms. The van der Waals surface area contributed by atoms with E-state index in [-0.39, 0.29) is 52.8 Å². The van der Waals surface area contributed by atoms with Gasteiger partial charge >= 0.3 is 0 Å². The zero-order chi connectivity index (χ0) is 32.7. The zero-order valence-electron chi connectivity index (χ0n) is 24.7. The fourth-order valence-electron chi connectivity index (χ4n) is 4.81. The lowest BCUT2D eigenvalue weighted by Crippen LogP contribution is -2.29. The number of carbonyl (C=O) groups excluding carboxylic acids is 3. The van der Waals surface area contributed by atoms with Crippen LogP contribution in [0.2, 0.25) is 0 Å². The number of rotatable bonds is 12. The minimum absolute atomic E-state index is 0.0587. The number of hydrogen-bond donors (Lipinski definition) is 3. The van der Waals surface area contributed by atoms with Gasteiger partial charge in [-0.15, -0.1) is 17.8 Å². The van der Waals surface area contributed by atoms with E-state index in [1.807, 2.05) is 13.8 Å². The number of primary amides is 1. The molecule has 0 unspecified atom stereocenters. The van der Waals surface area contributed by atoms with E-state index in [1.54, 1.807) is 18.2 Å². The lowest BCUT2D eigenvalue weighted by atomic mass is 9.91. The van der Waals surface area contributed by atoms with E-state index in [9.17, 15) is 27.6 Å². The molecule has 0 radical (unpaired) electrons. The van der Waals surface area contributed by atoms with Crippen molar-refractivity contribution in [3.8, 4) is 22.8 Å². The first-order valence-electron chi connectivity index (χ1n) is 14.1. The highest BCUT2D eigenvalue weighted by atomic mass is 32.1. The number of amides is 3. The molecule has 0 fully saturated rings. The third kappa shape index (κ3) is 8.16. The van der Waals surface area contributed by atoms with Gasteiger partial charge in [-0.25, -0.2) is 13.2 Å². The van der Waals surface area contributed by atoms with Gasteiger partial charge in [0.25, 0.3) is 17.7 Å². The van der Waals surface area contributed by atoms with Crippen molar-refractivity contribution in [2.45, 2.75) is 39.7 Å². The van der Waals surface area contributed by atoms with Gasteiger partial charge in [-0.1, -0.05) is 38.0 Å². The maximum absolute atomic E-state index is 13.7. The molecule has 0 saturated carbocycles. The zero-order valence-corrected chi connectivity index (χ0v) is 25.5. The number of halogens is 3. The minimum Gasteiger partial charge on any atom is -0.366 e. The van der Waals surface area contributed by atoms with E-state index in [4.69, 9.17) is 17.1 Å². The highest BCUT2D eigenvalue weighted by Crippen LogP contribution is 2.37. The second-order valence-corrected chi connectivity index (χ2v) is 11.8. The Labute approximate surface area is 263 Å². The van der Waals surface area contributed by atoms with Crippen molar-refractivity contribution in [2.24, 2.45) is 11.7 Å². The molecule has 0 aliphatic rings. The highest BCUT2D eigenvalue weighted by molar-refractivity contribution is 7.17. The molecule has 0 bridgehead atoms. The summed E-state index contributed by atoms with van der Waals surface area (Å²) in [6, 6.07) is 12.5. The number of nitrogens with zero attached hydrogens (tertiary/aromatic N) is 1. The molecular formula is C34H31F3N4O3S. The number of nitrogens with two attached hydrogens (primary N) is 1. The quantitative estimate of drug-likeness (QED) is 0.176.